The Bertz CT molecular complexity index is 965. The Morgan fingerprint density at radius 1 is 0.600 bits per heavy atom. The van der Waals surface area contributed by atoms with Crippen molar-refractivity contribution in [3.05, 3.63) is 11.3 Å². The second-order valence-electron chi connectivity index (χ2n) is 8.10. The van der Waals surface area contributed by atoms with Crippen LogP contribution in [0.2, 0.25) is 0 Å². The van der Waals surface area contributed by atoms with E-state index < -0.39 is 94.7 Å². The van der Waals surface area contributed by atoms with E-state index >= 15 is 0 Å². The molecular formula is C16H7ClF16O2. The molecule has 0 aromatic rings. The fourth-order valence-corrected chi connectivity index (χ4v) is 4.40. The first-order valence-electron chi connectivity index (χ1n) is 8.91. The van der Waals surface area contributed by atoms with Gasteiger partial charge in [0.1, 0.15) is 5.76 Å². The topological polar surface area (TPSA) is 26.3 Å². The van der Waals surface area contributed by atoms with Crippen molar-refractivity contribution < 1.29 is 79.8 Å². The highest BCUT2D eigenvalue weighted by molar-refractivity contribution is 6.22. The van der Waals surface area contributed by atoms with Gasteiger partial charge in [0.2, 0.25) is 0 Å². The number of esters is 1. The van der Waals surface area contributed by atoms with Crippen LogP contribution in [0, 0.1) is 17.8 Å². The zero-order chi connectivity index (χ0) is 27.6. The summed E-state index contributed by atoms with van der Waals surface area (Å²) in [5.41, 5.74) is -2.17. The van der Waals surface area contributed by atoms with Gasteiger partial charge in [0.15, 0.2) is 0 Å². The maximum Gasteiger partial charge on any atom is 0.393 e. The number of rotatable bonds is 8. The van der Waals surface area contributed by atoms with Crippen LogP contribution in [0.15, 0.2) is 11.3 Å². The standard InChI is InChI=1S/C16H7ClF16O2/c17-16(32,33)15(30,31)14(28,29)13(26,27)12(24,25)11(22,23)10(20,21)9(18,19)6-3-1-4-5(2-3)8(34)35-7(4)6/h3-5H,1-2H2/t3-,4+,5-/m0/s1. The number of fused-ring (bicyclic) bond motifs is 1. The van der Waals surface area contributed by atoms with E-state index in [1.165, 1.54) is 0 Å². The molecule has 0 aromatic heterocycles. The van der Waals surface area contributed by atoms with Crippen molar-refractivity contribution >= 4 is 17.6 Å². The van der Waals surface area contributed by atoms with Crippen LogP contribution in [0.1, 0.15) is 12.8 Å². The minimum Gasteiger partial charge on any atom is -0.430 e. The Hall–Kier alpha value is -1.62. The van der Waals surface area contributed by atoms with Crippen LogP contribution in [0.25, 0.3) is 0 Å². The van der Waals surface area contributed by atoms with Crippen LogP contribution in [0.4, 0.5) is 70.2 Å². The Labute approximate surface area is 187 Å². The zero-order valence-electron chi connectivity index (χ0n) is 15.9. The molecule has 0 N–H and O–H groups in total. The molecule has 0 unspecified atom stereocenters. The highest BCUT2D eigenvalue weighted by atomic mass is 35.5. The van der Waals surface area contributed by atoms with Crippen LogP contribution < -0.4 is 0 Å². The summed E-state index contributed by atoms with van der Waals surface area (Å²) < 4.78 is 223. The number of ether oxygens (including phenoxy) is 1. The third-order valence-corrected chi connectivity index (χ3v) is 6.38. The molecule has 202 valence electrons. The number of hydrogen-bond acceptors (Lipinski definition) is 2. The van der Waals surface area contributed by atoms with Gasteiger partial charge in [0.05, 0.1) is 5.92 Å². The molecule has 1 aliphatic heterocycles. The van der Waals surface area contributed by atoms with Crippen LogP contribution in [-0.2, 0) is 9.53 Å². The predicted octanol–water partition coefficient (Wildman–Crippen LogP) is 6.73. The molecule has 1 saturated heterocycles. The molecular weight excluding hydrogens is 564 g/mol. The fourth-order valence-electron chi connectivity index (χ4n) is 4.28. The summed E-state index contributed by atoms with van der Waals surface area (Å²) in [4.78, 5) is 11.5. The minimum atomic E-state index is -8.51. The molecule has 1 heterocycles. The summed E-state index contributed by atoms with van der Waals surface area (Å²) in [5, 5.41) is -6.82. The smallest absolute Gasteiger partial charge is 0.393 e. The largest absolute Gasteiger partial charge is 0.430 e. The van der Waals surface area contributed by atoms with Crippen molar-refractivity contribution in [3.8, 4) is 0 Å². The van der Waals surface area contributed by atoms with Gasteiger partial charge in [0.25, 0.3) is 0 Å². The van der Waals surface area contributed by atoms with Gasteiger partial charge in [-0.3, -0.25) is 4.79 Å². The lowest BCUT2D eigenvalue weighted by atomic mass is 9.82. The second kappa shape index (κ2) is 7.02. The van der Waals surface area contributed by atoms with Crippen LogP contribution in [-0.4, -0.2) is 52.8 Å². The molecule has 2 nitrogen and oxygen atoms in total. The van der Waals surface area contributed by atoms with Crippen molar-refractivity contribution in [3.63, 3.8) is 0 Å². The summed E-state index contributed by atoms with van der Waals surface area (Å²) in [6.07, 6.45) is -1.32. The number of allylic oxidation sites excluding steroid dienone is 2. The van der Waals surface area contributed by atoms with E-state index in [-0.39, 0.29) is 0 Å². The van der Waals surface area contributed by atoms with Gasteiger partial charge in [-0.25, -0.2) is 0 Å². The monoisotopic (exact) mass is 570 g/mol. The van der Waals surface area contributed by atoms with E-state index in [1.54, 1.807) is 0 Å². The Morgan fingerprint density at radius 3 is 1.40 bits per heavy atom. The quantitative estimate of drug-likeness (QED) is 0.184. The summed E-state index contributed by atoms with van der Waals surface area (Å²) >= 11 is 3.47. The number of carbonyl (C=O) groups is 1. The lowest BCUT2D eigenvalue weighted by Gasteiger charge is -2.43. The summed E-state index contributed by atoms with van der Waals surface area (Å²) in [7, 11) is 0. The van der Waals surface area contributed by atoms with Gasteiger partial charge < -0.3 is 4.74 Å². The molecule has 35 heavy (non-hydrogen) atoms. The number of alkyl halides is 17. The van der Waals surface area contributed by atoms with E-state index in [0.29, 0.717) is 0 Å². The van der Waals surface area contributed by atoms with E-state index in [9.17, 15) is 75.0 Å². The normalized spacial score (nSPS) is 26.7. The summed E-state index contributed by atoms with van der Waals surface area (Å²) in [5.74, 6) is -62.7. The van der Waals surface area contributed by atoms with Gasteiger partial charge in [-0.15, -0.1) is 0 Å². The number of halogens is 17. The average molecular weight is 571 g/mol. The van der Waals surface area contributed by atoms with Crippen molar-refractivity contribution in [1.29, 1.82) is 0 Å². The van der Waals surface area contributed by atoms with Crippen molar-refractivity contribution in [2.45, 2.75) is 59.7 Å². The zero-order valence-corrected chi connectivity index (χ0v) is 16.6. The first-order chi connectivity index (χ1) is 15.2. The van der Waals surface area contributed by atoms with E-state index in [0.717, 1.165) is 0 Å². The molecule has 1 saturated carbocycles. The molecule has 0 spiro atoms. The van der Waals surface area contributed by atoms with Crippen molar-refractivity contribution in [1.82, 2.24) is 0 Å². The first-order valence-corrected chi connectivity index (χ1v) is 9.29. The Morgan fingerprint density at radius 2 is 0.971 bits per heavy atom. The molecule has 2 fully saturated rings. The van der Waals surface area contributed by atoms with Crippen LogP contribution >= 0.6 is 11.6 Å². The van der Waals surface area contributed by atoms with Crippen LogP contribution in [0.5, 0.6) is 0 Å². The van der Waals surface area contributed by atoms with Gasteiger partial charge in [-0.1, -0.05) is 0 Å². The second-order valence-corrected chi connectivity index (χ2v) is 8.57. The molecule has 0 amide bonds. The maximum absolute atomic E-state index is 14.5. The Kier molecular flexibility index (Phi) is 5.61. The van der Waals surface area contributed by atoms with Gasteiger partial charge in [-0.2, -0.15) is 70.2 Å². The summed E-state index contributed by atoms with van der Waals surface area (Å²) in [6, 6.07) is 0. The third kappa shape index (κ3) is 3.03. The van der Waals surface area contributed by atoms with E-state index in [4.69, 9.17) is 0 Å². The SMILES string of the molecule is O=C1OC2=C(C(F)(F)C(F)(F)C(F)(F)C(F)(F)C(F)(F)C(F)(F)C(F)(F)C(F)(F)Cl)[C@@H]3C[C@H]1[C@H]2C3. The predicted molar refractivity (Wildman–Crippen MR) is 78.3 cm³/mol. The molecule has 3 atom stereocenters. The van der Waals surface area contributed by atoms with E-state index in [2.05, 4.69) is 16.3 Å². The fraction of sp³-hybridized carbons (Fsp3) is 0.812. The lowest BCUT2D eigenvalue weighted by molar-refractivity contribution is -0.447. The average Bonchev–Trinajstić information content (AvgIpc) is 3.29. The number of hydrogen-bond donors (Lipinski definition) is 0. The number of carbonyl (C=O) groups excluding carboxylic acids is 1. The molecule has 2 bridgehead atoms. The third-order valence-electron chi connectivity index (χ3n) is 6.15. The van der Waals surface area contributed by atoms with Crippen molar-refractivity contribution in [2.75, 3.05) is 0 Å². The Balaban J connectivity index is 2.11. The molecule has 19 heteroatoms. The molecule has 3 aliphatic rings. The highest BCUT2D eigenvalue weighted by Gasteiger charge is 2.95. The van der Waals surface area contributed by atoms with Gasteiger partial charge >= 0.3 is 52.8 Å². The highest BCUT2D eigenvalue weighted by Crippen LogP contribution is 2.68. The van der Waals surface area contributed by atoms with Crippen molar-refractivity contribution in [2.24, 2.45) is 17.8 Å². The summed E-state index contributed by atoms with van der Waals surface area (Å²) in [6.45, 7) is 0. The minimum absolute atomic E-state index is 0.597. The first kappa shape index (κ1) is 28.0. The van der Waals surface area contributed by atoms with E-state index in [1.807, 2.05) is 0 Å². The molecule has 3 rings (SSSR count). The van der Waals surface area contributed by atoms with Crippen LogP contribution in [0.3, 0.4) is 0 Å². The molecule has 2 aliphatic carbocycles. The molecule has 0 radical (unpaired) electrons. The van der Waals surface area contributed by atoms with Gasteiger partial charge in [-0.05, 0) is 30.4 Å². The lowest BCUT2D eigenvalue weighted by Crippen LogP contribution is -2.74. The van der Waals surface area contributed by atoms with Gasteiger partial charge in [0, 0.05) is 11.5 Å². The molecule has 0 aromatic carbocycles. The maximum atomic E-state index is 14.5.